The molecule has 0 N–H and O–H groups in total. The van der Waals surface area contributed by atoms with Gasteiger partial charge in [-0.05, 0) is 106 Å². The van der Waals surface area contributed by atoms with Crippen molar-refractivity contribution >= 4 is 71.6 Å². The number of fused-ring (bicyclic) bond motifs is 11. The first-order chi connectivity index (χ1) is 33.8. The summed E-state index contributed by atoms with van der Waals surface area (Å²) in [5.74, 6) is 0. The van der Waals surface area contributed by atoms with Crippen LogP contribution in [0.15, 0.2) is 259 Å². The number of hydrogen-bond acceptors (Lipinski definition) is 2. The Morgan fingerprint density at radius 3 is 1.74 bits per heavy atom. The van der Waals surface area contributed by atoms with Gasteiger partial charge in [-0.3, -0.25) is 0 Å². The third-order valence-electron chi connectivity index (χ3n) is 14.5. The third-order valence-corrected chi connectivity index (χ3v) is 14.5. The molecule has 11 aromatic carbocycles. The van der Waals surface area contributed by atoms with Gasteiger partial charge in [0.15, 0.2) is 0 Å². The number of rotatable bonds is 7. The zero-order valence-electron chi connectivity index (χ0n) is 37.1. The second kappa shape index (κ2) is 15.1. The minimum atomic E-state index is -0.540. The van der Waals surface area contributed by atoms with Gasteiger partial charge in [-0.25, -0.2) is 0 Å². The van der Waals surface area contributed by atoms with Gasteiger partial charge < -0.3 is 13.9 Å². The van der Waals surface area contributed by atoms with Gasteiger partial charge in [-0.1, -0.05) is 188 Å². The quantitative estimate of drug-likeness (QED) is 0.159. The van der Waals surface area contributed by atoms with Crippen molar-refractivity contribution in [1.82, 2.24) is 4.57 Å². The molecule has 2 heterocycles. The Morgan fingerprint density at radius 2 is 0.941 bits per heavy atom. The summed E-state index contributed by atoms with van der Waals surface area (Å²) in [6, 6.07) is 93.1. The second-order valence-corrected chi connectivity index (χ2v) is 17.9. The molecule has 68 heavy (non-hydrogen) atoms. The van der Waals surface area contributed by atoms with Crippen LogP contribution >= 0.6 is 0 Å². The van der Waals surface area contributed by atoms with E-state index in [0.29, 0.717) is 0 Å². The Bertz CT molecular complexity index is 4030. The van der Waals surface area contributed by atoms with Gasteiger partial charge in [0.2, 0.25) is 0 Å². The monoisotopic (exact) mass is 866 g/mol. The Kier molecular flexibility index (Phi) is 8.50. The predicted octanol–water partition coefficient (Wildman–Crippen LogP) is 17.3. The van der Waals surface area contributed by atoms with Crippen molar-refractivity contribution < 1.29 is 4.42 Å². The molecule has 3 nitrogen and oxygen atoms in total. The van der Waals surface area contributed by atoms with Crippen LogP contribution in [0, 0.1) is 0 Å². The molecule has 0 saturated heterocycles. The molecule has 1 aliphatic carbocycles. The summed E-state index contributed by atoms with van der Waals surface area (Å²) in [4.78, 5) is 2.49. The molecular weight excluding hydrogens is 825 g/mol. The lowest BCUT2D eigenvalue weighted by Gasteiger charge is -2.34. The van der Waals surface area contributed by atoms with E-state index >= 15 is 0 Å². The SMILES string of the molecule is c1ccc(-n2c3ccccc3c3cc(-c4ccc(N(c5cccc6c5-c5ccccc5C6(c5ccccc5)c5ccccc5)c5cccc6c5ccc5c7ccccc7oc65)cc4)ccc32)cc1. The third kappa shape index (κ3) is 5.54. The maximum Gasteiger partial charge on any atom is 0.143 e. The first-order valence-corrected chi connectivity index (χ1v) is 23.4. The van der Waals surface area contributed by atoms with Gasteiger partial charge in [0.1, 0.15) is 11.2 Å². The van der Waals surface area contributed by atoms with Crippen molar-refractivity contribution in [2.45, 2.75) is 5.41 Å². The van der Waals surface area contributed by atoms with Crippen LogP contribution in [0.2, 0.25) is 0 Å². The topological polar surface area (TPSA) is 21.3 Å². The summed E-state index contributed by atoms with van der Waals surface area (Å²) in [7, 11) is 0. The van der Waals surface area contributed by atoms with Gasteiger partial charge in [-0.15, -0.1) is 0 Å². The van der Waals surface area contributed by atoms with E-state index in [1.165, 1.54) is 60.8 Å². The number of hydrogen-bond donors (Lipinski definition) is 0. The van der Waals surface area contributed by atoms with E-state index in [2.05, 4.69) is 258 Å². The average molecular weight is 867 g/mol. The summed E-state index contributed by atoms with van der Waals surface area (Å²) in [5.41, 5.74) is 17.9. The number of nitrogens with zero attached hydrogens (tertiary/aromatic N) is 2. The molecule has 0 radical (unpaired) electrons. The van der Waals surface area contributed by atoms with Crippen LogP contribution in [-0.4, -0.2) is 4.57 Å². The van der Waals surface area contributed by atoms with Crippen LogP contribution in [0.25, 0.3) is 82.5 Å². The minimum Gasteiger partial charge on any atom is -0.455 e. The molecule has 0 unspecified atom stereocenters. The largest absolute Gasteiger partial charge is 0.455 e. The molecular formula is C65H42N2O. The molecule has 318 valence electrons. The van der Waals surface area contributed by atoms with Crippen molar-refractivity contribution in [3.8, 4) is 27.9 Å². The minimum absolute atomic E-state index is 0.540. The lowest BCUT2D eigenvalue weighted by molar-refractivity contribution is 0.672. The highest BCUT2D eigenvalue weighted by atomic mass is 16.3. The van der Waals surface area contributed by atoms with Crippen molar-refractivity contribution in [2.24, 2.45) is 0 Å². The number of furan rings is 1. The standard InChI is InChI=1S/C65H42N2O/c1-4-18-45(19-5-1)65(46-20-6-2-7-21-46)56-28-13-10-26-54(56)63-57(65)29-17-32-61(63)67(59-31-16-27-52-50(59)39-40-53-51-25-12-15-33-62(51)68-64(52)53)48-37-34-43(35-38-48)44-36-41-60-55(42-44)49-24-11-14-30-58(49)66(60)47-22-8-3-9-23-47/h1-42H. The predicted molar refractivity (Wildman–Crippen MR) is 283 cm³/mol. The van der Waals surface area contributed by atoms with E-state index in [0.717, 1.165) is 61.0 Å². The fourth-order valence-corrected chi connectivity index (χ4v) is 11.6. The van der Waals surface area contributed by atoms with Crippen molar-refractivity contribution in [2.75, 3.05) is 4.90 Å². The normalized spacial score (nSPS) is 12.8. The smallest absolute Gasteiger partial charge is 0.143 e. The van der Waals surface area contributed by atoms with E-state index in [9.17, 15) is 0 Å². The van der Waals surface area contributed by atoms with Crippen LogP contribution in [0.5, 0.6) is 0 Å². The second-order valence-electron chi connectivity index (χ2n) is 17.9. The van der Waals surface area contributed by atoms with Crippen LogP contribution in [-0.2, 0) is 5.41 Å². The zero-order valence-corrected chi connectivity index (χ0v) is 37.1. The van der Waals surface area contributed by atoms with E-state index < -0.39 is 5.41 Å². The molecule has 0 spiro atoms. The molecule has 13 aromatic rings. The first kappa shape index (κ1) is 38.4. The van der Waals surface area contributed by atoms with Crippen LogP contribution < -0.4 is 4.90 Å². The molecule has 0 amide bonds. The highest BCUT2D eigenvalue weighted by Crippen LogP contribution is 2.60. The van der Waals surface area contributed by atoms with Crippen molar-refractivity contribution in [1.29, 1.82) is 0 Å². The Labute approximate surface area is 394 Å². The van der Waals surface area contributed by atoms with E-state index in [4.69, 9.17) is 4.42 Å². The molecule has 0 atom stereocenters. The molecule has 14 rings (SSSR count). The molecule has 0 saturated carbocycles. The number of benzene rings is 11. The summed E-state index contributed by atoms with van der Waals surface area (Å²) in [6.07, 6.45) is 0. The van der Waals surface area contributed by atoms with E-state index in [1.54, 1.807) is 0 Å². The molecule has 0 fully saturated rings. The Hall–Kier alpha value is -8.92. The Balaban J connectivity index is 0.999. The highest BCUT2D eigenvalue weighted by Gasteiger charge is 2.47. The lowest BCUT2D eigenvalue weighted by Crippen LogP contribution is -2.28. The molecule has 3 heteroatoms. The molecule has 0 aliphatic heterocycles. The van der Waals surface area contributed by atoms with Crippen LogP contribution in [0.4, 0.5) is 17.1 Å². The van der Waals surface area contributed by atoms with E-state index in [-0.39, 0.29) is 0 Å². The Morgan fingerprint density at radius 1 is 0.368 bits per heavy atom. The van der Waals surface area contributed by atoms with Crippen LogP contribution in [0.3, 0.4) is 0 Å². The van der Waals surface area contributed by atoms with Crippen LogP contribution in [0.1, 0.15) is 22.3 Å². The fourth-order valence-electron chi connectivity index (χ4n) is 11.6. The number of para-hydroxylation sites is 3. The lowest BCUT2D eigenvalue weighted by atomic mass is 9.68. The summed E-state index contributed by atoms with van der Waals surface area (Å²) < 4.78 is 9.06. The van der Waals surface area contributed by atoms with E-state index in [1.807, 2.05) is 6.07 Å². The summed E-state index contributed by atoms with van der Waals surface area (Å²) in [5, 5.41) is 6.92. The fraction of sp³-hybridized carbons (Fsp3) is 0.0154. The molecule has 1 aliphatic rings. The van der Waals surface area contributed by atoms with Gasteiger partial charge in [0, 0.05) is 49.3 Å². The van der Waals surface area contributed by atoms with Crippen molar-refractivity contribution in [3.63, 3.8) is 0 Å². The highest BCUT2D eigenvalue weighted by molar-refractivity contribution is 6.18. The van der Waals surface area contributed by atoms with Gasteiger partial charge in [0.05, 0.1) is 27.8 Å². The molecule has 0 bridgehead atoms. The molecule has 2 aromatic heterocycles. The maximum atomic E-state index is 6.69. The number of anilines is 3. The maximum absolute atomic E-state index is 6.69. The van der Waals surface area contributed by atoms with Gasteiger partial charge in [0.25, 0.3) is 0 Å². The first-order valence-electron chi connectivity index (χ1n) is 23.4. The summed E-state index contributed by atoms with van der Waals surface area (Å²) in [6.45, 7) is 0. The van der Waals surface area contributed by atoms with Gasteiger partial charge in [-0.2, -0.15) is 0 Å². The zero-order chi connectivity index (χ0) is 44.8. The average Bonchev–Trinajstić information content (AvgIpc) is 4.07. The summed E-state index contributed by atoms with van der Waals surface area (Å²) >= 11 is 0. The number of aromatic nitrogens is 1. The van der Waals surface area contributed by atoms with Crippen molar-refractivity contribution in [3.05, 3.63) is 277 Å². The van der Waals surface area contributed by atoms with Gasteiger partial charge >= 0.3 is 0 Å².